The number of phenols is 1. The van der Waals surface area contributed by atoms with Gasteiger partial charge < -0.3 is 24.8 Å². The molecular formula is C38H38ClF2N5O3. The third-order valence-corrected chi connectivity index (χ3v) is 11.6. The van der Waals surface area contributed by atoms with Gasteiger partial charge in [-0.2, -0.15) is 9.97 Å². The van der Waals surface area contributed by atoms with E-state index in [9.17, 15) is 9.50 Å². The van der Waals surface area contributed by atoms with Crippen LogP contribution in [-0.4, -0.2) is 83.6 Å². The number of hydrogen-bond acceptors (Lipinski definition) is 8. The summed E-state index contributed by atoms with van der Waals surface area (Å²) in [4.78, 5) is 14.2. The molecule has 1 saturated carbocycles. The highest BCUT2D eigenvalue weighted by atomic mass is 35.5. The number of benzene rings is 3. The number of phenolic OH excluding ortho intramolecular Hbond substituents is 1. The lowest BCUT2D eigenvalue weighted by atomic mass is 9.85. The van der Waals surface area contributed by atoms with Gasteiger partial charge in [0.15, 0.2) is 5.82 Å². The monoisotopic (exact) mass is 685 g/mol. The van der Waals surface area contributed by atoms with E-state index in [1.165, 1.54) is 30.7 Å². The average molecular weight is 686 g/mol. The molecule has 1 aliphatic carbocycles. The SMILES string of the molecule is C#Cc1c(F)ccc2cc(O)cc(-c3c(Cl)cc4c(N5CC6CCC(C5)N6)nc(OCC5(CN6CC7(CCCCO7)C6)CC5)nc4c3F)c12. The standard InChI is InChI=1S/C38H38ClF2N5O3/c1-2-26-30(40)8-5-22-13-25(47)14-27(31(22)26)32-29(39)15-28-34(33(32)41)43-36(44-35(28)46-16-23-6-7-24(17-46)42-23)48-21-37(10-11-37)18-45-19-38(20-45)9-3-4-12-49-38/h1,5,8,13-15,23-24,42,47H,3-4,6-7,9-12,16-21H2. The first kappa shape index (κ1) is 31.2. The van der Waals surface area contributed by atoms with Crippen molar-refractivity contribution in [1.82, 2.24) is 20.2 Å². The van der Waals surface area contributed by atoms with Crippen LogP contribution in [0.5, 0.6) is 11.8 Å². The van der Waals surface area contributed by atoms with Gasteiger partial charge in [0.25, 0.3) is 0 Å². The molecule has 0 radical (unpaired) electrons. The number of rotatable bonds is 7. The number of nitrogens with one attached hydrogen (secondary N) is 1. The quantitative estimate of drug-likeness (QED) is 0.216. The van der Waals surface area contributed by atoms with Gasteiger partial charge in [-0.05, 0) is 80.2 Å². The fourth-order valence-electron chi connectivity index (χ4n) is 8.70. The summed E-state index contributed by atoms with van der Waals surface area (Å²) in [6.45, 7) is 5.56. The van der Waals surface area contributed by atoms with E-state index in [4.69, 9.17) is 32.5 Å². The first-order valence-electron chi connectivity index (χ1n) is 17.3. The number of terminal acetylenes is 1. The number of anilines is 1. The summed E-state index contributed by atoms with van der Waals surface area (Å²) in [6, 6.07) is 7.96. The van der Waals surface area contributed by atoms with Crippen LogP contribution >= 0.6 is 11.6 Å². The lowest BCUT2D eigenvalue weighted by Gasteiger charge is -2.52. The Morgan fingerprint density at radius 2 is 1.88 bits per heavy atom. The van der Waals surface area contributed by atoms with Crippen molar-refractivity contribution < 1.29 is 23.4 Å². The van der Waals surface area contributed by atoms with Gasteiger partial charge in [0.2, 0.25) is 0 Å². The molecule has 5 heterocycles. The molecule has 5 fully saturated rings. The number of ether oxygens (including phenoxy) is 2. The van der Waals surface area contributed by atoms with E-state index in [0.29, 0.717) is 48.4 Å². The summed E-state index contributed by atoms with van der Waals surface area (Å²) in [5.41, 5.74) is 0.194. The number of fused-ring (bicyclic) bond motifs is 4. The van der Waals surface area contributed by atoms with E-state index in [2.05, 4.69) is 26.0 Å². The fraction of sp³-hybridized carbons (Fsp3) is 0.474. The Labute approximate surface area is 288 Å². The summed E-state index contributed by atoms with van der Waals surface area (Å²) < 4.78 is 44.6. The third-order valence-electron chi connectivity index (χ3n) is 11.3. The molecule has 0 amide bonds. The molecule has 1 spiro atoms. The van der Waals surface area contributed by atoms with Crippen LogP contribution in [0.15, 0.2) is 30.3 Å². The Hall–Kier alpha value is -3.75. The molecule has 254 valence electrons. The molecule has 3 aromatic carbocycles. The number of aromatic nitrogens is 2. The third kappa shape index (κ3) is 5.46. The van der Waals surface area contributed by atoms with Crippen LogP contribution in [0.4, 0.5) is 14.6 Å². The van der Waals surface area contributed by atoms with Gasteiger partial charge in [0, 0.05) is 73.2 Å². The lowest BCUT2D eigenvalue weighted by Crippen LogP contribution is -2.65. The normalized spacial score (nSPS) is 23.9. The Bertz CT molecular complexity index is 2020. The van der Waals surface area contributed by atoms with Crippen molar-refractivity contribution in [3.05, 3.63) is 52.6 Å². The molecule has 9 rings (SSSR count). The van der Waals surface area contributed by atoms with Crippen LogP contribution in [-0.2, 0) is 4.74 Å². The molecule has 4 aromatic rings. The van der Waals surface area contributed by atoms with Gasteiger partial charge >= 0.3 is 6.01 Å². The highest BCUT2D eigenvalue weighted by molar-refractivity contribution is 6.35. The van der Waals surface area contributed by atoms with Crippen molar-refractivity contribution >= 4 is 39.1 Å². The summed E-state index contributed by atoms with van der Waals surface area (Å²) >= 11 is 6.90. The molecular weight excluding hydrogens is 648 g/mol. The van der Waals surface area contributed by atoms with E-state index in [1.807, 2.05) is 0 Å². The van der Waals surface area contributed by atoms with E-state index < -0.39 is 11.6 Å². The highest BCUT2D eigenvalue weighted by Gasteiger charge is 2.51. The zero-order valence-electron chi connectivity index (χ0n) is 27.2. The Morgan fingerprint density at radius 3 is 2.59 bits per heavy atom. The van der Waals surface area contributed by atoms with Gasteiger partial charge in [-0.3, -0.25) is 4.90 Å². The predicted molar refractivity (Wildman–Crippen MR) is 185 cm³/mol. The van der Waals surface area contributed by atoms with Crippen LogP contribution in [0.1, 0.15) is 50.5 Å². The smallest absolute Gasteiger partial charge is 0.319 e. The summed E-state index contributed by atoms with van der Waals surface area (Å²) in [5, 5.41) is 15.6. The van der Waals surface area contributed by atoms with Gasteiger partial charge in [0.1, 0.15) is 22.9 Å². The van der Waals surface area contributed by atoms with Gasteiger partial charge in [-0.25, -0.2) is 8.78 Å². The number of likely N-dealkylation sites (tertiary alicyclic amines) is 1. The van der Waals surface area contributed by atoms with Crippen molar-refractivity contribution in [2.75, 3.05) is 50.8 Å². The zero-order valence-corrected chi connectivity index (χ0v) is 28.0. The molecule has 2 N–H and O–H groups in total. The van der Waals surface area contributed by atoms with Crippen LogP contribution in [0.2, 0.25) is 5.02 Å². The van der Waals surface area contributed by atoms with Crippen LogP contribution < -0.4 is 15.0 Å². The van der Waals surface area contributed by atoms with Gasteiger partial charge in [-0.1, -0.05) is 23.6 Å². The largest absolute Gasteiger partial charge is 0.508 e. The number of halogens is 3. The van der Waals surface area contributed by atoms with E-state index in [1.54, 1.807) is 6.07 Å². The molecule has 11 heteroatoms. The predicted octanol–water partition coefficient (Wildman–Crippen LogP) is 6.42. The van der Waals surface area contributed by atoms with Crippen LogP contribution in [0.25, 0.3) is 32.8 Å². The Kier molecular flexibility index (Phi) is 7.44. The van der Waals surface area contributed by atoms with Gasteiger partial charge in [0.05, 0.1) is 22.8 Å². The lowest BCUT2D eigenvalue weighted by molar-refractivity contribution is -0.170. The number of aromatic hydroxyl groups is 1. The first-order chi connectivity index (χ1) is 23.7. The van der Waals surface area contributed by atoms with Crippen LogP contribution in [0.3, 0.4) is 0 Å². The van der Waals surface area contributed by atoms with Crippen molar-refractivity contribution in [3.63, 3.8) is 0 Å². The van der Waals surface area contributed by atoms with Gasteiger partial charge in [-0.15, -0.1) is 6.42 Å². The minimum absolute atomic E-state index is 0.00277. The zero-order chi connectivity index (χ0) is 33.5. The second kappa shape index (κ2) is 11.7. The highest BCUT2D eigenvalue weighted by Crippen LogP contribution is 2.49. The first-order valence-corrected chi connectivity index (χ1v) is 17.7. The topological polar surface area (TPSA) is 83.0 Å². The molecule has 5 aliphatic rings. The second-order valence-corrected chi connectivity index (χ2v) is 15.3. The Balaban J connectivity index is 1.10. The molecule has 2 unspecified atom stereocenters. The molecule has 1 aromatic heterocycles. The van der Waals surface area contributed by atoms with Crippen molar-refractivity contribution in [2.24, 2.45) is 5.41 Å². The average Bonchev–Trinajstić information content (AvgIpc) is 3.77. The van der Waals surface area contributed by atoms with Crippen LogP contribution in [0, 0.1) is 29.4 Å². The maximum absolute atomic E-state index is 17.1. The van der Waals surface area contributed by atoms with Crippen molar-refractivity contribution in [3.8, 4) is 35.2 Å². The molecule has 4 aliphatic heterocycles. The Morgan fingerprint density at radius 1 is 1.08 bits per heavy atom. The fourth-order valence-corrected chi connectivity index (χ4v) is 9.00. The molecule has 2 bridgehead atoms. The minimum Gasteiger partial charge on any atom is -0.508 e. The maximum Gasteiger partial charge on any atom is 0.319 e. The molecule has 2 atom stereocenters. The van der Waals surface area contributed by atoms with E-state index in [-0.39, 0.29) is 55.4 Å². The van der Waals surface area contributed by atoms with Crippen molar-refractivity contribution in [1.29, 1.82) is 0 Å². The van der Waals surface area contributed by atoms with E-state index >= 15 is 4.39 Å². The maximum atomic E-state index is 17.1. The number of piperazine rings is 1. The summed E-state index contributed by atoms with van der Waals surface area (Å²) in [7, 11) is 0. The second-order valence-electron chi connectivity index (χ2n) is 14.9. The summed E-state index contributed by atoms with van der Waals surface area (Å²) in [6.07, 6.45) is 13.5. The van der Waals surface area contributed by atoms with Crippen molar-refractivity contribution in [2.45, 2.75) is 62.6 Å². The summed E-state index contributed by atoms with van der Waals surface area (Å²) in [5.74, 6) is 1.51. The molecule has 4 saturated heterocycles. The number of nitrogens with zero attached hydrogens (tertiary/aromatic N) is 4. The molecule has 49 heavy (non-hydrogen) atoms. The number of hydrogen-bond donors (Lipinski definition) is 2. The minimum atomic E-state index is -0.715. The van der Waals surface area contributed by atoms with E-state index in [0.717, 1.165) is 64.8 Å². The molecule has 8 nitrogen and oxygen atoms in total.